The van der Waals surface area contributed by atoms with Gasteiger partial charge in [-0.2, -0.15) is 0 Å². The fourth-order valence-corrected chi connectivity index (χ4v) is 4.58. The van der Waals surface area contributed by atoms with E-state index in [1.54, 1.807) is 0 Å². The molecule has 2 aliphatic carbocycles. The van der Waals surface area contributed by atoms with E-state index in [9.17, 15) is 0 Å². The van der Waals surface area contributed by atoms with Gasteiger partial charge in [0.15, 0.2) is 0 Å². The Labute approximate surface area is 102 Å². The Morgan fingerprint density at radius 1 is 0.647 bits per heavy atom. The molecule has 0 N–H and O–H groups in total. The predicted octanol–water partition coefficient (Wildman–Crippen LogP) is 1.75. The fraction of sp³-hybridized carbons (Fsp3) is 1.00. The number of rotatable bonds is 2. The van der Waals surface area contributed by atoms with Crippen molar-refractivity contribution in [3.63, 3.8) is 0 Å². The molecule has 5 aliphatic rings. The van der Waals surface area contributed by atoms with Crippen LogP contribution in [0.3, 0.4) is 0 Å². The third-order valence-corrected chi connectivity index (χ3v) is 5.73. The second-order valence-electron chi connectivity index (χ2n) is 6.67. The van der Waals surface area contributed by atoms with Crippen LogP contribution in [0.5, 0.6) is 0 Å². The van der Waals surface area contributed by atoms with Crippen molar-refractivity contribution in [2.75, 3.05) is 6.61 Å². The van der Waals surface area contributed by atoms with E-state index in [2.05, 4.69) is 0 Å². The molecule has 8 atom stereocenters. The first-order valence-corrected chi connectivity index (χ1v) is 7.31. The van der Waals surface area contributed by atoms with E-state index < -0.39 is 0 Å². The molecular weight excluding hydrogens is 216 g/mol. The molecule has 3 saturated heterocycles. The number of hydrogen-bond donors (Lipinski definition) is 0. The molecule has 3 aliphatic heterocycles. The van der Waals surface area contributed by atoms with Gasteiger partial charge < -0.3 is 14.2 Å². The molecule has 0 aromatic heterocycles. The van der Waals surface area contributed by atoms with Crippen LogP contribution in [-0.4, -0.2) is 37.1 Å². The van der Waals surface area contributed by atoms with Crippen molar-refractivity contribution in [1.82, 2.24) is 0 Å². The Morgan fingerprint density at radius 3 is 2.12 bits per heavy atom. The van der Waals surface area contributed by atoms with Crippen LogP contribution in [0.25, 0.3) is 0 Å². The molecule has 8 unspecified atom stereocenters. The molecule has 0 spiro atoms. The van der Waals surface area contributed by atoms with Crippen LogP contribution < -0.4 is 0 Å². The van der Waals surface area contributed by atoms with Gasteiger partial charge in [0.05, 0.1) is 37.1 Å². The Kier molecular flexibility index (Phi) is 1.87. The lowest BCUT2D eigenvalue weighted by molar-refractivity contribution is 0.123. The van der Waals surface area contributed by atoms with E-state index >= 15 is 0 Å². The van der Waals surface area contributed by atoms with Crippen molar-refractivity contribution >= 4 is 0 Å². The third kappa shape index (κ3) is 1.59. The van der Waals surface area contributed by atoms with E-state index in [0.29, 0.717) is 30.5 Å². The summed E-state index contributed by atoms with van der Waals surface area (Å²) in [5.74, 6) is 2.54. The summed E-state index contributed by atoms with van der Waals surface area (Å²) < 4.78 is 17.0. The maximum absolute atomic E-state index is 5.76. The summed E-state index contributed by atoms with van der Waals surface area (Å²) >= 11 is 0. The molecule has 2 saturated carbocycles. The number of epoxide rings is 3. The lowest BCUT2D eigenvalue weighted by Gasteiger charge is -2.36. The molecular formula is C14H20O3. The topological polar surface area (TPSA) is 37.6 Å². The second kappa shape index (κ2) is 3.25. The van der Waals surface area contributed by atoms with Crippen molar-refractivity contribution in [2.45, 2.75) is 62.6 Å². The van der Waals surface area contributed by atoms with Crippen molar-refractivity contribution in [3.05, 3.63) is 0 Å². The monoisotopic (exact) mass is 236 g/mol. The van der Waals surface area contributed by atoms with E-state index in [4.69, 9.17) is 14.2 Å². The minimum Gasteiger partial charge on any atom is -0.373 e. The first-order chi connectivity index (χ1) is 8.38. The summed E-state index contributed by atoms with van der Waals surface area (Å²) in [5, 5.41) is 0. The molecule has 0 aromatic rings. The zero-order valence-electron chi connectivity index (χ0n) is 10.1. The van der Waals surface area contributed by atoms with Gasteiger partial charge >= 0.3 is 0 Å². The van der Waals surface area contributed by atoms with E-state index in [0.717, 1.165) is 24.4 Å². The van der Waals surface area contributed by atoms with Crippen LogP contribution in [0.1, 0.15) is 32.1 Å². The number of ether oxygens (including phenoxy) is 3. The summed E-state index contributed by atoms with van der Waals surface area (Å²) in [6.45, 7) is 1.01. The molecule has 0 bridgehead atoms. The third-order valence-electron chi connectivity index (χ3n) is 5.73. The van der Waals surface area contributed by atoms with Gasteiger partial charge in [-0.15, -0.1) is 0 Å². The maximum atomic E-state index is 5.76. The average molecular weight is 236 g/mol. The van der Waals surface area contributed by atoms with Crippen LogP contribution in [0.15, 0.2) is 0 Å². The van der Waals surface area contributed by atoms with Gasteiger partial charge in [0.1, 0.15) is 0 Å². The summed E-state index contributed by atoms with van der Waals surface area (Å²) in [7, 11) is 0. The summed E-state index contributed by atoms with van der Waals surface area (Å²) in [6.07, 6.45) is 9.59. The highest BCUT2D eigenvalue weighted by Gasteiger charge is 2.56. The smallest absolute Gasteiger partial charge is 0.0845 e. The highest BCUT2D eigenvalue weighted by atomic mass is 16.6. The SMILES string of the molecule is C1CC2OC2CC1C1CC2OC2CC1C1CO1. The predicted molar refractivity (Wildman–Crippen MR) is 60.6 cm³/mol. The van der Waals surface area contributed by atoms with Crippen molar-refractivity contribution in [3.8, 4) is 0 Å². The Balaban J connectivity index is 1.35. The van der Waals surface area contributed by atoms with Crippen LogP contribution in [0.4, 0.5) is 0 Å². The van der Waals surface area contributed by atoms with Gasteiger partial charge in [-0.05, 0) is 49.9 Å². The first-order valence-electron chi connectivity index (χ1n) is 7.31. The molecule has 3 heterocycles. The summed E-state index contributed by atoms with van der Waals surface area (Å²) in [5.41, 5.74) is 0. The van der Waals surface area contributed by atoms with E-state index in [1.807, 2.05) is 0 Å². The maximum Gasteiger partial charge on any atom is 0.0845 e. The molecule has 0 radical (unpaired) electrons. The molecule has 5 fully saturated rings. The van der Waals surface area contributed by atoms with Crippen LogP contribution in [0, 0.1) is 17.8 Å². The number of fused-ring (bicyclic) bond motifs is 2. The lowest BCUT2D eigenvalue weighted by Crippen LogP contribution is -2.35. The highest BCUT2D eigenvalue weighted by molar-refractivity contribution is 5.04. The fourth-order valence-electron chi connectivity index (χ4n) is 4.58. The molecule has 0 amide bonds. The zero-order valence-corrected chi connectivity index (χ0v) is 10.1. The molecule has 3 nitrogen and oxygen atoms in total. The largest absolute Gasteiger partial charge is 0.373 e. The standard InChI is InChI=1S/C14H20O3/c1-2-10-11(16-10)3-7(1)8-4-12-13(17-12)5-9(8)14-6-15-14/h7-14H,1-6H2. The van der Waals surface area contributed by atoms with Gasteiger partial charge in [-0.1, -0.05) is 0 Å². The van der Waals surface area contributed by atoms with E-state index in [-0.39, 0.29) is 0 Å². The lowest BCUT2D eigenvalue weighted by atomic mass is 9.67. The Hall–Kier alpha value is -0.120. The molecule has 5 rings (SSSR count). The second-order valence-corrected chi connectivity index (χ2v) is 6.67. The van der Waals surface area contributed by atoms with Gasteiger partial charge in [0, 0.05) is 0 Å². The summed E-state index contributed by atoms with van der Waals surface area (Å²) in [4.78, 5) is 0. The Bertz CT molecular complexity index is 340. The normalized spacial score (nSPS) is 63.5. The highest BCUT2D eigenvalue weighted by Crippen LogP contribution is 2.53. The van der Waals surface area contributed by atoms with Gasteiger partial charge in [-0.3, -0.25) is 0 Å². The van der Waals surface area contributed by atoms with Gasteiger partial charge in [0.2, 0.25) is 0 Å². The minimum atomic E-state index is 0.572. The van der Waals surface area contributed by atoms with Crippen molar-refractivity contribution in [1.29, 1.82) is 0 Å². The van der Waals surface area contributed by atoms with E-state index in [1.165, 1.54) is 32.1 Å². The quantitative estimate of drug-likeness (QED) is 0.685. The molecule has 94 valence electrons. The first kappa shape index (κ1) is 9.76. The Morgan fingerprint density at radius 2 is 1.35 bits per heavy atom. The zero-order chi connectivity index (χ0) is 11.0. The molecule has 3 heteroatoms. The minimum absolute atomic E-state index is 0.572. The van der Waals surface area contributed by atoms with Crippen LogP contribution in [0.2, 0.25) is 0 Å². The number of hydrogen-bond acceptors (Lipinski definition) is 3. The van der Waals surface area contributed by atoms with Crippen LogP contribution in [-0.2, 0) is 14.2 Å². The molecule has 0 aromatic carbocycles. The van der Waals surface area contributed by atoms with Crippen molar-refractivity contribution < 1.29 is 14.2 Å². The van der Waals surface area contributed by atoms with Gasteiger partial charge in [-0.25, -0.2) is 0 Å². The average Bonchev–Trinajstić information content (AvgIpc) is 3.25. The van der Waals surface area contributed by atoms with Crippen molar-refractivity contribution in [2.24, 2.45) is 17.8 Å². The van der Waals surface area contributed by atoms with Gasteiger partial charge in [0.25, 0.3) is 0 Å². The van der Waals surface area contributed by atoms with Crippen LogP contribution >= 0.6 is 0 Å². The summed E-state index contributed by atoms with van der Waals surface area (Å²) in [6, 6.07) is 0. The molecule has 17 heavy (non-hydrogen) atoms.